The van der Waals surface area contributed by atoms with Gasteiger partial charge in [-0.15, -0.1) is 0 Å². The van der Waals surface area contributed by atoms with Crippen LogP contribution in [0.5, 0.6) is 10.8 Å². The summed E-state index contributed by atoms with van der Waals surface area (Å²) in [6.45, 7) is 4.14. The van der Waals surface area contributed by atoms with Crippen molar-refractivity contribution in [3.63, 3.8) is 0 Å². The first-order valence-corrected chi connectivity index (χ1v) is 10.5. The molecule has 0 fully saturated rings. The van der Waals surface area contributed by atoms with Crippen LogP contribution >= 0.6 is 19.1 Å². The van der Waals surface area contributed by atoms with Gasteiger partial charge in [-0.05, 0) is 61.2 Å². The van der Waals surface area contributed by atoms with Crippen LogP contribution in [-0.2, 0) is 12.6 Å². The summed E-state index contributed by atoms with van der Waals surface area (Å²) < 4.78 is 66.5. The second-order valence-electron chi connectivity index (χ2n) is 5.60. The Kier molecular flexibility index (Phi) is 5.07. The van der Waals surface area contributed by atoms with Crippen LogP contribution < -0.4 is 4.74 Å². The van der Waals surface area contributed by atoms with Gasteiger partial charge in [-0.2, -0.15) is 0 Å². The van der Waals surface area contributed by atoms with Crippen molar-refractivity contribution in [2.45, 2.75) is 18.7 Å². The quantitative estimate of drug-likeness (QED) is 0.226. The molecule has 1 nitrogen and oxygen atoms in total. The number of hydrogen-bond donors (Lipinski definition) is 0. The van der Waals surface area contributed by atoms with Gasteiger partial charge in [0.1, 0.15) is 5.75 Å². The molecule has 0 aliphatic heterocycles. The molecule has 0 N–H and O–H groups in total. The van der Waals surface area contributed by atoms with Gasteiger partial charge in [-0.1, -0.05) is 29.5 Å². The van der Waals surface area contributed by atoms with Crippen molar-refractivity contribution >= 4 is 41.9 Å². The maximum absolute atomic E-state index is 10.7. The molecular formula is C16H15F6OPS2. The van der Waals surface area contributed by atoms with Crippen LogP contribution in [0.25, 0.3) is 10.1 Å². The third-order valence-electron chi connectivity index (χ3n) is 3.07. The van der Waals surface area contributed by atoms with Crippen LogP contribution in [-0.4, -0.2) is 0 Å². The van der Waals surface area contributed by atoms with Gasteiger partial charge in [0.2, 0.25) is 0 Å². The van der Waals surface area contributed by atoms with Crippen LogP contribution in [0.1, 0.15) is 11.1 Å². The fourth-order valence-electron chi connectivity index (χ4n) is 2.22. The van der Waals surface area contributed by atoms with Gasteiger partial charge in [0.05, 0.1) is 0 Å². The summed E-state index contributed by atoms with van der Waals surface area (Å²) in [4.78, 5) is 1.08. The minimum absolute atomic E-state index is 0.939. The Morgan fingerprint density at radius 3 is 1.88 bits per heavy atom. The Balaban J connectivity index is 0.000000298. The number of thiophene rings is 1. The first kappa shape index (κ1) is 20.9. The number of aryl methyl sites for hydroxylation is 2. The van der Waals surface area contributed by atoms with E-state index in [9.17, 15) is 25.2 Å². The van der Waals surface area contributed by atoms with Crippen molar-refractivity contribution in [2.24, 2.45) is 0 Å². The van der Waals surface area contributed by atoms with Gasteiger partial charge >= 0.3 is 33.0 Å². The molecule has 1 aromatic heterocycles. The molecule has 2 aromatic carbocycles. The molecule has 0 aliphatic carbocycles. The third kappa shape index (κ3) is 7.43. The average molecular weight is 432 g/mol. The third-order valence-corrected chi connectivity index (χ3v) is 4.35. The topological polar surface area (TPSA) is 9.23 Å². The van der Waals surface area contributed by atoms with E-state index in [1.165, 1.54) is 10.1 Å². The molecule has 0 saturated carbocycles. The van der Waals surface area contributed by atoms with E-state index >= 15 is 0 Å². The van der Waals surface area contributed by atoms with Crippen molar-refractivity contribution in [2.75, 3.05) is 0 Å². The minimum atomic E-state index is -10.7. The molecule has 10 heteroatoms. The Labute approximate surface area is 155 Å². The number of ether oxygens (including phenoxy) is 1. The molecule has 0 atom stereocenters. The molecule has 1 heterocycles. The molecule has 0 amide bonds. The summed E-state index contributed by atoms with van der Waals surface area (Å²) in [6, 6.07) is 14.6. The summed E-state index contributed by atoms with van der Waals surface area (Å²) in [5.41, 5.74) is 2.28. The fourth-order valence-corrected chi connectivity index (χ4v) is 3.57. The summed E-state index contributed by atoms with van der Waals surface area (Å²) in [7, 11) is -10.7. The van der Waals surface area contributed by atoms with Crippen LogP contribution in [0.4, 0.5) is 25.2 Å². The Morgan fingerprint density at radius 2 is 1.38 bits per heavy atom. The predicted molar refractivity (Wildman–Crippen MR) is 99.8 cm³/mol. The van der Waals surface area contributed by atoms with Crippen molar-refractivity contribution in [1.82, 2.24) is 0 Å². The van der Waals surface area contributed by atoms with Crippen molar-refractivity contribution in [1.29, 1.82) is 0 Å². The predicted octanol–water partition coefficient (Wildman–Crippen LogP) is 8.06. The molecular weight excluding hydrogens is 417 g/mol. The molecule has 3 rings (SSSR count). The zero-order valence-electron chi connectivity index (χ0n) is 13.6. The second kappa shape index (κ2) is 6.32. The number of rotatable bonds is 2. The molecule has 144 valence electrons. The molecule has 0 bridgehead atoms. The summed E-state index contributed by atoms with van der Waals surface area (Å²) >= 11 is 5.24. The van der Waals surface area contributed by atoms with Gasteiger partial charge in [-0.25, -0.2) is 0 Å². The first-order valence-electron chi connectivity index (χ1n) is 7.14. The van der Waals surface area contributed by atoms with E-state index in [2.05, 4.69) is 68.9 Å². The van der Waals surface area contributed by atoms with Crippen LogP contribution in [0.3, 0.4) is 0 Å². The molecule has 3 aromatic rings. The molecule has 0 unspecified atom stereocenters. The van der Waals surface area contributed by atoms with E-state index in [1.54, 1.807) is 11.3 Å². The van der Waals surface area contributed by atoms with Crippen molar-refractivity contribution < 1.29 is 29.9 Å². The van der Waals surface area contributed by atoms with Crippen molar-refractivity contribution in [3.05, 3.63) is 53.6 Å². The molecule has 0 spiro atoms. The van der Waals surface area contributed by atoms with E-state index < -0.39 is 7.81 Å². The summed E-state index contributed by atoms with van der Waals surface area (Å²) in [6.07, 6.45) is 0. The fraction of sp³-hybridized carbons (Fsp3) is 0.125. The summed E-state index contributed by atoms with van der Waals surface area (Å²) in [5, 5.41) is 2.17. The zero-order chi connectivity index (χ0) is 19.8. The zero-order valence-corrected chi connectivity index (χ0v) is 16.3. The molecule has 0 aliphatic rings. The number of benzene rings is 2. The van der Waals surface area contributed by atoms with Gasteiger partial charge < -0.3 is 4.74 Å². The molecule has 0 saturated heterocycles. The second-order valence-corrected chi connectivity index (χ2v) is 9.14. The van der Waals surface area contributed by atoms with E-state index in [0.29, 0.717) is 0 Å². The Bertz CT molecular complexity index is 883. The van der Waals surface area contributed by atoms with Crippen molar-refractivity contribution in [3.8, 4) is 10.8 Å². The monoisotopic (exact) mass is 432 g/mol. The van der Waals surface area contributed by atoms with E-state index in [1.807, 2.05) is 0 Å². The first-order chi connectivity index (χ1) is 11.6. The van der Waals surface area contributed by atoms with Gasteiger partial charge in [0.25, 0.3) is 0 Å². The van der Waals surface area contributed by atoms with E-state index in [4.69, 9.17) is 4.74 Å². The number of fused-ring (bicyclic) bond motifs is 1. The van der Waals surface area contributed by atoms with Crippen LogP contribution in [0.15, 0.2) is 47.4 Å². The van der Waals surface area contributed by atoms with Gasteiger partial charge in [-0.3, -0.25) is 0 Å². The van der Waals surface area contributed by atoms with E-state index in [0.717, 1.165) is 26.8 Å². The van der Waals surface area contributed by atoms with Gasteiger partial charge in [0, 0.05) is 10.8 Å². The van der Waals surface area contributed by atoms with Crippen LogP contribution in [0, 0.1) is 13.8 Å². The number of halogens is 6. The average Bonchev–Trinajstić information content (AvgIpc) is 2.81. The van der Waals surface area contributed by atoms with E-state index in [-0.39, 0.29) is 0 Å². The normalized spacial score (nSPS) is 14.2. The van der Waals surface area contributed by atoms with Crippen LogP contribution in [0.2, 0.25) is 0 Å². The standard InChI is InChI=1S/C16H14OS2.F6P/c1-10-7-13(18)8-11(2)16(10)17-15-9-12-5-3-4-6-14(12)19-15;1-7(2,3,4,5)6/h3-9,18H,1-2H3;/q;-1/p+1. The molecule has 0 radical (unpaired) electrons. The summed E-state index contributed by atoms with van der Waals surface area (Å²) in [5.74, 6) is 0.952. The SMILES string of the molecule is Cc1cc([SH2+])cc(C)c1Oc1cc2ccccc2s1.F[P-](F)(F)(F)(F)F. The Hall–Kier alpha value is -1.44. The molecule has 26 heavy (non-hydrogen) atoms. The van der Waals surface area contributed by atoms with Gasteiger partial charge in [0.15, 0.2) is 9.96 Å². The maximum atomic E-state index is 9.87. The number of hydrogen-bond acceptors (Lipinski definition) is 2. The Morgan fingerprint density at radius 1 is 0.885 bits per heavy atom.